The van der Waals surface area contributed by atoms with Gasteiger partial charge in [-0.2, -0.15) is 0 Å². The van der Waals surface area contributed by atoms with E-state index in [0.29, 0.717) is 29.8 Å². The summed E-state index contributed by atoms with van der Waals surface area (Å²) in [6.45, 7) is 1.55. The molecule has 2 aromatic rings. The predicted octanol–water partition coefficient (Wildman–Crippen LogP) is 1.06. The fourth-order valence-corrected chi connectivity index (χ4v) is 2.39. The Hall–Kier alpha value is -2.44. The van der Waals surface area contributed by atoms with Gasteiger partial charge in [-0.3, -0.25) is 4.79 Å². The third-order valence-electron chi connectivity index (χ3n) is 3.64. The van der Waals surface area contributed by atoms with Crippen molar-refractivity contribution in [1.29, 1.82) is 0 Å². The minimum atomic E-state index is -0.468. The maximum atomic E-state index is 13.7. The number of methoxy groups -OCH3 is 1. The molecule has 0 bridgehead atoms. The number of halogens is 1. The van der Waals surface area contributed by atoms with Crippen LogP contribution in [0.4, 0.5) is 10.2 Å². The van der Waals surface area contributed by atoms with Gasteiger partial charge in [0.25, 0.3) is 0 Å². The molecule has 0 unspecified atom stereocenters. The van der Waals surface area contributed by atoms with Gasteiger partial charge in [0.05, 0.1) is 19.2 Å². The number of amides is 1. The molecule has 0 aliphatic carbocycles. The topological polar surface area (TPSA) is 58.6 Å². The largest absolute Gasteiger partial charge is 0.494 e. The van der Waals surface area contributed by atoms with E-state index in [1.54, 1.807) is 18.0 Å². The summed E-state index contributed by atoms with van der Waals surface area (Å²) >= 11 is 0. The maximum absolute atomic E-state index is 13.7. The summed E-state index contributed by atoms with van der Waals surface area (Å²) in [5.74, 6) is 0.324. The number of rotatable bonds is 2. The Morgan fingerprint density at radius 2 is 2.10 bits per heavy atom. The number of carbonyl (C=O) groups excluding carboxylic acids is 1. The number of carbonyl (C=O) groups is 1. The van der Waals surface area contributed by atoms with E-state index in [4.69, 9.17) is 4.74 Å². The summed E-state index contributed by atoms with van der Waals surface area (Å²) in [7, 11) is 3.18. The van der Waals surface area contributed by atoms with Crippen molar-refractivity contribution in [1.82, 2.24) is 14.9 Å². The Morgan fingerprint density at radius 3 is 2.81 bits per heavy atom. The standard InChI is InChI=1S/C14H15FN4O2/c1-18-3-4-19(7-13(18)20)14-9-5-12(21-2)10(15)6-11(9)16-8-17-14/h5-6,8H,3-4,7H2,1-2H3. The quantitative estimate of drug-likeness (QED) is 0.827. The number of hydrogen-bond donors (Lipinski definition) is 0. The van der Waals surface area contributed by atoms with Crippen molar-refractivity contribution >= 4 is 22.6 Å². The number of nitrogens with zero attached hydrogens (tertiary/aromatic N) is 4. The monoisotopic (exact) mass is 290 g/mol. The Balaban J connectivity index is 2.08. The molecular formula is C14H15FN4O2. The van der Waals surface area contributed by atoms with Gasteiger partial charge in [-0.25, -0.2) is 14.4 Å². The molecule has 3 rings (SSSR count). The van der Waals surface area contributed by atoms with E-state index in [2.05, 4.69) is 9.97 Å². The van der Waals surface area contributed by atoms with Crippen LogP contribution < -0.4 is 9.64 Å². The van der Waals surface area contributed by atoms with Gasteiger partial charge in [-0.1, -0.05) is 0 Å². The molecular weight excluding hydrogens is 275 g/mol. The summed E-state index contributed by atoms with van der Waals surface area (Å²) in [6, 6.07) is 2.89. The van der Waals surface area contributed by atoms with E-state index in [1.807, 2.05) is 4.90 Å². The molecule has 1 aromatic heterocycles. The number of fused-ring (bicyclic) bond motifs is 1. The van der Waals surface area contributed by atoms with E-state index in [0.717, 1.165) is 0 Å². The second-order valence-corrected chi connectivity index (χ2v) is 4.94. The third kappa shape index (κ3) is 2.35. The van der Waals surface area contributed by atoms with Crippen LogP contribution in [-0.2, 0) is 4.79 Å². The molecule has 0 spiro atoms. The molecule has 0 N–H and O–H groups in total. The second-order valence-electron chi connectivity index (χ2n) is 4.94. The van der Waals surface area contributed by atoms with Crippen molar-refractivity contribution in [3.05, 3.63) is 24.3 Å². The summed E-state index contributed by atoms with van der Waals surface area (Å²) < 4.78 is 18.8. The highest BCUT2D eigenvalue weighted by Gasteiger charge is 2.24. The lowest BCUT2D eigenvalue weighted by molar-refractivity contribution is -0.129. The summed E-state index contributed by atoms with van der Waals surface area (Å²) in [4.78, 5) is 23.7. The summed E-state index contributed by atoms with van der Waals surface area (Å²) in [6.07, 6.45) is 1.38. The molecule has 0 radical (unpaired) electrons. The van der Waals surface area contributed by atoms with Gasteiger partial charge < -0.3 is 14.5 Å². The minimum absolute atomic E-state index is 0.0297. The van der Waals surface area contributed by atoms with Crippen molar-refractivity contribution in [2.24, 2.45) is 0 Å². The smallest absolute Gasteiger partial charge is 0.241 e. The third-order valence-corrected chi connectivity index (χ3v) is 3.64. The first-order chi connectivity index (χ1) is 10.1. The van der Waals surface area contributed by atoms with Crippen LogP contribution in [0.15, 0.2) is 18.5 Å². The van der Waals surface area contributed by atoms with Crippen molar-refractivity contribution in [2.45, 2.75) is 0 Å². The van der Waals surface area contributed by atoms with Gasteiger partial charge in [0.2, 0.25) is 5.91 Å². The van der Waals surface area contributed by atoms with Crippen molar-refractivity contribution in [2.75, 3.05) is 38.7 Å². The molecule has 1 saturated heterocycles. The van der Waals surface area contributed by atoms with E-state index in [-0.39, 0.29) is 18.2 Å². The Kier molecular flexibility index (Phi) is 3.32. The Labute approximate surface area is 121 Å². The first-order valence-corrected chi connectivity index (χ1v) is 6.57. The molecule has 1 aliphatic rings. The normalized spacial score (nSPS) is 15.7. The highest BCUT2D eigenvalue weighted by molar-refractivity contribution is 5.93. The van der Waals surface area contributed by atoms with Gasteiger partial charge in [0, 0.05) is 31.6 Å². The lowest BCUT2D eigenvalue weighted by Crippen LogP contribution is -2.48. The van der Waals surface area contributed by atoms with Gasteiger partial charge >= 0.3 is 0 Å². The molecule has 0 atom stereocenters. The molecule has 0 saturated carbocycles. The van der Waals surface area contributed by atoms with Gasteiger partial charge in [0.15, 0.2) is 11.6 Å². The van der Waals surface area contributed by atoms with E-state index in [1.165, 1.54) is 19.5 Å². The van der Waals surface area contributed by atoms with E-state index >= 15 is 0 Å². The second kappa shape index (κ2) is 5.16. The van der Waals surface area contributed by atoms with E-state index < -0.39 is 5.82 Å². The molecule has 1 aliphatic heterocycles. The highest BCUT2D eigenvalue weighted by Crippen LogP contribution is 2.29. The van der Waals surface area contributed by atoms with Gasteiger partial charge in [0.1, 0.15) is 12.1 Å². The zero-order valence-corrected chi connectivity index (χ0v) is 11.8. The lowest BCUT2D eigenvalue weighted by atomic mass is 10.2. The predicted molar refractivity (Wildman–Crippen MR) is 75.9 cm³/mol. The van der Waals surface area contributed by atoms with Crippen molar-refractivity contribution in [3.63, 3.8) is 0 Å². The van der Waals surface area contributed by atoms with Crippen molar-refractivity contribution < 1.29 is 13.9 Å². The molecule has 1 aromatic carbocycles. The molecule has 110 valence electrons. The molecule has 1 fully saturated rings. The molecule has 7 heteroatoms. The number of likely N-dealkylation sites (N-methyl/N-ethyl adjacent to an activating group) is 1. The van der Waals surface area contributed by atoms with Crippen LogP contribution in [0.3, 0.4) is 0 Å². The van der Waals surface area contributed by atoms with Crippen LogP contribution in [0, 0.1) is 5.82 Å². The number of aromatic nitrogens is 2. The number of anilines is 1. The lowest BCUT2D eigenvalue weighted by Gasteiger charge is -2.33. The summed E-state index contributed by atoms with van der Waals surface area (Å²) in [5, 5.41) is 0.674. The first-order valence-electron chi connectivity index (χ1n) is 6.57. The number of benzene rings is 1. The SMILES string of the molecule is COc1cc2c(N3CCN(C)C(=O)C3)ncnc2cc1F. The van der Waals surface area contributed by atoms with Crippen LogP contribution in [0.2, 0.25) is 0 Å². The highest BCUT2D eigenvalue weighted by atomic mass is 19.1. The molecule has 2 heterocycles. The first kappa shape index (κ1) is 13.5. The number of hydrogen-bond acceptors (Lipinski definition) is 5. The van der Waals surface area contributed by atoms with Crippen LogP contribution in [0.5, 0.6) is 5.75 Å². The Bertz CT molecular complexity index is 707. The fourth-order valence-electron chi connectivity index (χ4n) is 2.39. The number of piperazine rings is 1. The zero-order valence-electron chi connectivity index (χ0n) is 11.8. The average molecular weight is 290 g/mol. The minimum Gasteiger partial charge on any atom is -0.494 e. The van der Waals surface area contributed by atoms with Crippen LogP contribution >= 0.6 is 0 Å². The number of ether oxygens (including phenoxy) is 1. The maximum Gasteiger partial charge on any atom is 0.241 e. The van der Waals surface area contributed by atoms with Crippen LogP contribution in [0.1, 0.15) is 0 Å². The van der Waals surface area contributed by atoms with Gasteiger partial charge in [-0.05, 0) is 6.07 Å². The molecule has 21 heavy (non-hydrogen) atoms. The van der Waals surface area contributed by atoms with E-state index in [9.17, 15) is 9.18 Å². The van der Waals surface area contributed by atoms with Crippen LogP contribution in [0.25, 0.3) is 10.9 Å². The summed E-state index contributed by atoms with van der Waals surface area (Å²) in [5.41, 5.74) is 0.490. The Morgan fingerprint density at radius 1 is 1.29 bits per heavy atom. The average Bonchev–Trinajstić information content (AvgIpc) is 2.48. The van der Waals surface area contributed by atoms with Crippen LogP contribution in [-0.4, -0.2) is 54.6 Å². The molecule has 1 amide bonds. The van der Waals surface area contributed by atoms with Crippen molar-refractivity contribution in [3.8, 4) is 5.75 Å². The van der Waals surface area contributed by atoms with Gasteiger partial charge in [-0.15, -0.1) is 0 Å². The molecule has 6 nitrogen and oxygen atoms in total. The fraction of sp³-hybridized carbons (Fsp3) is 0.357. The zero-order chi connectivity index (χ0) is 15.0.